The van der Waals surface area contributed by atoms with E-state index in [2.05, 4.69) is 5.32 Å². The topological polar surface area (TPSA) is 63.2 Å². The SMILES string of the molecule is C[C@@H](NC(=O)[C@H](C)S(C)(=O)=O)c1cc(F)c(Cl)cc1Cl. The van der Waals surface area contributed by atoms with Gasteiger partial charge in [-0.2, -0.15) is 0 Å². The zero-order valence-electron chi connectivity index (χ0n) is 11.1. The summed E-state index contributed by atoms with van der Waals surface area (Å²) < 4.78 is 36.0. The highest BCUT2D eigenvalue weighted by atomic mass is 35.5. The Balaban J connectivity index is 2.95. The molecule has 0 aromatic heterocycles. The van der Waals surface area contributed by atoms with E-state index in [0.29, 0.717) is 5.56 Å². The zero-order chi connectivity index (χ0) is 15.7. The molecule has 1 N–H and O–H groups in total. The molecule has 1 amide bonds. The molecular weight excluding hydrogens is 328 g/mol. The molecule has 0 unspecified atom stereocenters. The fraction of sp³-hybridized carbons (Fsp3) is 0.417. The second kappa shape index (κ2) is 6.28. The molecule has 0 aliphatic carbocycles. The lowest BCUT2D eigenvalue weighted by Crippen LogP contribution is -2.38. The highest BCUT2D eigenvalue weighted by Gasteiger charge is 2.25. The van der Waals surface area contributed by atoms with Gasteiger partial charge in [-0.15, -0.1) is 0 Å². The van der Waals surface area contributed by atoms with Crippen molar-refractivity contribution in [2.45, 2.75) is 25.1 Å². The Labute approximate surface area is 127 Å². The Hall–Kier alpha value is -0.850. The van der Waals surface area contributed by atoms with Crippen LogP contribution in [0, 0.1) is 5.82 Å². The third-order valence-corrected chi connectivity index (χ3v) is 4.99. The van der Waals surface area contributed by atoms with Crippen LogP contribution < -0.4 is 5.32 Å². The van der Waals surface area contributed by atoms with Crippen molar-refractivity contribution in [3.63, 3.8) is 0 Å². The van der Waals surface area contributed by atoms with E-state index >= 15 is 0 Å². The average molecular weight is 342 g/mol. The summed E-state index contributed by atoms with van der Waals surface area (Å²) in [6.45, 7) is 2.85. The van der Waals surface area contributed by atoms with E-state index in [9.17, 15) is 17.6 Å². The van der Waals surface area contributed by atoms with Crippen LogP contribution in [-0.2, 0) is 14.6 Å². The van der Waals surface area contributed by atoms with Gasteiger partial charge in [0.2, 0.25) is 5.91 Å². The Kier molecular flexibility index (Phi) is 5.40. The van der Waals surface area contributed by atoms with Crippen molar-refractivity contribution in [1.29, 1.82) is 0 Å². The lowest BCUT2D eigenvalue weighted by molar-refractivity contribution is -0.121. The first kappa shape index (κ1) is 17.2. The van der Waals surface area contributed by atoms with Gasteiger partial charge < -0.3 is 5.32 Å². The van der Waals surface area contributed by atoms with Crippen molar-refractivity contribution >= 4 is 38.9 Å². The third-order valence-electron chi connectivity index (χ3n) is 2.88. The van der Waals surface area contributed by atoms with E-state index in [1.165, 1.54) is 13.0 Å². The van der Waals surface area contributed by atoms with Crippen LogP contribution in [0.4, 0.5) is 4.39 Å². The molecule has 1 aromatic rings. The number of amides is 1. The van der Waals surface area contributed by atoms with Crippen molar-refractivity contribution < 1.29 is 17.6 Å². The molecule has 0 spiro atoms. The molecule has 0 saturated heterocycles. The van der Waals surface area contributed by atoms with Gasteiger partial charge in [0.05, 0.1) is 11.1 Å². The summed E-state index contributed by atoms with van der Waals surface area (Å²) in [5.74, 6) is -1.34. The van der Waals surface area contributed by atoms with Crippen LogP contribution >= 0.6 is 23.2 Å². The first-order valence-corrected chi connectivity index (χ1v) is 8.38. The second-order valence-corrected chi connectivity index (χ2v) is 7.67. The summed E-state index contributed by atoms with van der Waals surface area (Å²) in [4.78, 5) is 11.8. The number of carbonyl (C=O) groups is 1. The monoisotopic (exact) mass is 341 g/mol. The highest BCUT2D eigenvalue weighted by Crippen LogP contribution is 2.28. The number of benzene rings is 1. The number of hydrogen-bond donors (Lipinski definition) is 1. The highest BCUT2D eigenvalue weighted by molar-refractivity contribution is 7.92. The summed E-state index contributed by atoms with van der Waals surface area (Å²) in [5, 5.41) is 1.35. The molecule has 1 rings (SSSR count). The maximum absolute atomic E-state index is 13.4. The van der Waals surface area contributed by atoms with Crippen LogP contribution in [0.25, 0.3) is 0 Å². The summed E-state index contributed by atoms with van der Waals surface area (Å²) in [7, 11) is -3.50. The summed E-state index contributed by atoms with van der Waals surface area (Å²) in [5.41, 5.74) is 0.322. The van der Waals surface area contributed by atoms with E-state index in [4.69, 9.17) is 23.2 Å². The van der Waals surface area contributed by atoms with Crippen LogP contribution in [0.15, 0.2) is 12.1 Å². The normalized spacial score (nSPS) is 14.7. The lowest BCUT2D eigenvalue weighted by Gasteiger charge is -2.18. The molecule has 0 aliphatic rings. The number of rotatable bonds is 4. The number of carbonyl (C=O) groups excluding carboxylic acids is 1. The van der Waals surface area contributed by atoms with Gasteiger partial charge in [-0.25, -0.2) is 12.8 Å². The minimum absolute atomic E-state index is 0.123. The van der Waals surface area contributed by atoms with Crippen LogP contribution in [0.3, 0.4) is 0 Å². The maximum Gasteiger partial charge on any atom is 0.238 e. The van der Waals surface area contributed by atoms with E-state index in [1.54, 1.807) is 6.92 Å². The maximum atomic E-state index is 13.4. The Bertz CT molecular complexity index is 634. The van der Waals surface area contributed by atoms with Crippen LogP contribution in [0.1, 0.15) is 25.5 Å². The Morgan fingerprint density at radius 2 is 1.80 bits per heavy atom. The number of halogens is 3. The van der Waals surface area contributed by atoms with E-state index in [-0.39, 0.29) is 10.0 Å². The number of sulfone groups is 1. The van der Waals surface area contributed by atoms with Crippen molar-refractivity contribution in [2.24, 2.45) is 0 Å². The van der Waals surface area contributed by atoms with Gasteiger partial charge in [0.25, 0.3) is 0 Å². The van der Waals surface area contributed by atoms with Gasteiger partial charge in [-0.05, 0) is 31.5 Å². The van der Waals surface area contributed by atoms with Gasteiger partial charge in [0.1, 0.15) is 11.1 Å². The lowest BCUT2D eigenvalue weighted by atomic mass is 10.1. The average Bonchev–Trinajstić information content (AvgIpc) is 2.31. The number of hydrogen-bond acceptors (Lipinski definition) is 3. The molecule has 0 radical (unpaired) electrons. The first-order valence-electron chi connectivity index (χ1n) is 5.67. The Morgan fingerprint density at radius 3 is 2.30 bits per heavy atom. The van der Waals surface area contributed by atoms with E-state index in [1.807, 2.05) is 0 Å². The van der Waals surface area contributed by atoms with Crippen LogP contribution in [0.2, 0.25) is 10.0 Å². The molecule has 20 heavy (non-hydrogen) atoms. The van der Waals surface area contributed by atoms with Crippen LogP contribution in [-0.4, -0.2) is 25.8 Å². The third kappa shape index (κ3) is 4.07. The van der Waals surface area contributed by atoms with Gasteiger partial charge in [-0.3, -0.25) is 4.79 Å². The van der Waals surface area contributed by atoms with Crippen molar-refractivity contribution in [3.8, 4) is 0 Å². The molecule has 112 valence electrons. The molecule has 0 aliphatic heterocycles. The first-order chi connectivity index (χ1) is 9.04. The standard InChI is InChI=1S/C12H14Cl2FNO3S/c1-6(16-12(17)7(2)20(3,18)19)8-4-11(15)10(14)5-9(8)13/h4-7H,1-3H3,(H,16,17)/t6-,7+/m1/s1. The number of nitrogens with one attached hydrogen (secondary N) is 1. The quantitative estimate of drug-likeness (QED) is 0.856. The predicted octanol–water partition coefficient (Wildman–Crippen LogP) is 2.74. The molecule has 4 nitrogen and oxygen atoms in total. The van der Waals surface area contributed by atoms with Crippen LogP contribution in [0.5, 0.6) is 0 Å². The Morgan fingerprint density at radius 1 is 1.25 bits per heavy atom. The molecule has 0 fully saturated rings. The minimum atomic E-state index is -3.50. The summed E-state index contributed by atoms with van der Waals surface area (Å²) in [6, 6.07) is 1.70. The fourth-order valence-corrected chi connectivity index (χ4v) is 2.48. The second-order valence-electron chi connectivity index (χ2n) is 4.49. The van der Waals surface area contributed by atoms with Gasteiger partial charge >= 0.3 is 0 Å². The van der Waals surface area contributed by atoms with Crippen molar-refractivity contribution in [1.82, 2.24) is 5.32 Å². The van der Waals surface area contributed by atoms with E-state index in [0.717, 1.165) is 12.3 Å². The zero-order valence-corrected chi connectivity index (χ0v) is 13.4. The molecule has 0 saturated carbocycles. The predicted molar refractivity (Wildman–Crippen MR) is 77.3 cm³/mol. The molecular formula is C12H14Cl2FNO3S. The molecule has 1 aromatic carbocycles. The minimum Gasteiger partial charge on any atom is -0.348 e. The van der Waals surface area contributed by atoms with Gasteiger partial charge in [-0.1, -0.05) is 23.2 Å². The molecule has 0 bridgehead atoms. The van der Waals surface area contributed by atoms with Gasteiger partial charge in [0, 0.05) is 11.3 Å². The summed E-state index contributed by atoms with van der Waals surface area (Å²) in [6.07, 6.45) is 0.969. The van der Waals surface area contributed by atoms with E-state index < -0.39 is 32.9 Å². The molecule has 0 heterocycles. The van der Waals surface area contributed by atoms with Crippen molar-refractivity contribution in [3.05, 3.63) is 33.6 Å². The van der Waals surface area contributed by atoms with Crippen molar-refractivity contribution in [2.75, 3.05) is 6.26 Å². The molecule has 2 atom stereocenters. The smallest absolute Gasteiger partial charge is 0.238 e. The van der Waals surface area contributed by atoms with Gasteiger partial charge in [0.15, 0.2) is 9.84 Å². The molecule has 8 heteroatoms. The largest absolute Gasteiger partial charge is 0.348 e. The fourth-order valence-electron chi connectivity index (χ4n) is 1.47. The summed E-state index contributed by atoms with van der Waals surface area (Å²) >= 11 is 11.5.